The van der Waals surface area contributed by atoms with Crippen molar-refractivity contribution in [1.29, 1.82) is 0 Å². The summed E-state index contributed by atoms with van der Waals surface area (Å²) in [6.45, 7) is 0. The molecule has 4 rings (SSSR count). The molecule has 5 nitrogen and oxygen atoms in total. The van der Waals surface area contributed by atoms with Gasteiger partial charge in [0.2, 0.25) is 5.78 Å². The van der Waals surface area contributed by atoms with Crippen LogP contribution in [-0.2, 0) is 0 Å². The van der Waals surface area contributed by atoms with E-state index in [-0.39, 0.29) is 17.5 Å². The minimum atomic E-state index is -0.303. The molecule has 0 aliphatic rings. The van der Waals surface area contributed by atoms with Crippen molar-refractivity contribution in [3.8, 4) is 10.6 Å². The van der Waals surface area contributed by atoms with Crippen LogP contribution in [0.4, 0.5) is 11.5 Å². The number of nitrogens with one attached hydrogen (secondary N) is 1. The number of nitrogens with zero attached hydrogens (tertiary/aromatic N) is 2. The number of carbonyl (C=O) groups is 2. The summed E-state index contributed by atoms with van der Waals surface area (Å²) in [7, 11) is 3.96. The number of benzene rings is 3. The third-order valence-corrected chi connectivity index (χ3v) is 5.87. The quantitative estimate of drug-likeness (QED) is 0.421. The number of hydrogen-bond donors (Lipinski definition) is 1. The summed E-state index contributed by atoms with van der Waals surface area (Å²) in [5, 5.41) is 3.50. The Hall–Kier alpha value is -3.77. The fourth-order valence-electron chi connectivity index (χ4n) is 3.07. The lowest BCUT2D eigenvalue weighted by molar-refractivity contribution is 0.102. The Bertz CT molecular complexity index is 1200. The summed E-state index contributed by atoms with van der Waals surface area (Å²) in [5.74, 6) is -0.195. The Balaban J connectivity index is 1.72. The van der Waals surface area contributed by atoms with Gasteiger partial charge in [-0.1, -0.05) is 48.5 Å². The Morgan fingerprint density at radius 2 is 1.39 bits per heavy atom. The maximum absolute atomic E-state index is 13.2. The lowest BCUT2D eigenvalue weighted by atomic mass is 10.1. The van der Waals surface area contributed by atoms with Crippen molar-refractivity contribution in [3.63, 3.8) is 0 Å². The normalized spacial score (nSPS) is 10.5. The van der Waals surface area contributed by atoms with E-state index in [1.54, 1.807) is 36.4 Å². The number of rotatable bonds is 6. The van der Waals surface area contributed by atoms with Crippen LogP contribution in [0.3, 0.4) is 0 Å². The van der Waals surface area contributed by atoms with Gasteiger partial charge in [0.1, 0.15) is 9.88 Å². The summed E-state index contributed by atoms with van der Waals surface area (Å²) in [6, 6.07) is 25.8. The molecule has 3 aromatic carbocycles. The molecule has 0 atom stereocenters. The van der Waals surface area contributed by atoms with Gasteiger partial charge in [-0.05, 0) is 36.4 Å². The van der Waals surface area contributed by atoms with Crippen molar-refractivity contribution in [1.82, 2.24) is 4.98 Å². The first kappa shape index (κ1) is 20.5. The van der Waals surface area contributed by atoms with Crippen molar-refractivity contribution in [3.05, 3.63) is 101 Å². The van der Waals surface area contributed by atoms with E-state index >= 15 is 0 Å². The molecule has 0 aliphatic carbocycles. The highest BCUT2D eigenvalue weighted by Gasteiger charge is 2.22. The van der Waals surface area contributed by atoms with E-state index in [0.717, 1.165) is 11.3 Å². The average molecular weight is 428 g/mol. The van der Waals surface area contributed by atoms with Crippen molar-refractivity contribution < 1.29 is 9.59 Å². The lowest BCUT2D eigenvalue weighted by Crippen LogP contribution is -2.14. The van der Waals surface area contributed by atoms with Crippen molar-refractivity contribution in [2.45, 2.75) is 0 Å². The number of thiazole rings is 1. The highest BCUT2D eigenvalue weighted by Crippen LogP contribution is 2.33. The summed E-state index contributed by atoms with van der Waals surface area (Å²) in [5.41, 5.74) is 3.01. The molecule has 0 radical (unpaired) electrons. The van der Waals surface area contributed by atoms with Crippen LogP contribution < -0.4 is 10.2 Å². The predicted molar refractivity (Wildman–Crippen MR) is 126 cm³/mol. The number of amides is 1. The molecule has 0 saturated carbocycles. The molecule has 0 aliphatic heterocycles. The molecule has 0 bridgehead atoms. The highest BCUT2D eigenvalue weighted by atomic mass is 32.1. The van der Waals surface area contributed by atoms with Gasteiger partial charge in [-0.15, -0.1) is 11.3 Å². The van der Waals surface area contributed by atoms with Gasteiger partial charge in [0.25, 0.3) is 5.91 Å². The molecular weight excluding hydrogens is 406 g/mol. The van der Waals surface area contributed by atoms with Crippen LogP contribution in [0.2, 0.25) is 0 Å². The molecule has 1 aromatic heterocycles. The zero-order valence-corrected chi connectivity index (χ0v) is 18.0. The average Bonchev–Trinajstić information content (AvgIpc) is 3.23. The van der Waals surface area contributed by atoms with E-state index in [0.29, 0.717) is 21.0 Å². The molecule has 0 spiro atoms. The standard InChI is InChI=1S/C25H21N3O2S/c1-28(2)20-15-13-19(14-16-20)25-27-23(26-24(30)18-11-7-4-8-12-18)22(31-25)21(29)17-9-5-3-6-10-17/h3-16H,1-2H3,(H,26,30). The van der Waals surface area contributed by atoms with Gasteiger partial charge in [-0.3, -0.25) is 9.59 Å². The summed E-state index contributed by atoms with van der Waals surface area (Å²) in [4.78, 5) is 33.0. The first-order valence-electron chi connectivity index (χ1n) is 9.77. The van der Waals surface area contributed by atoms with Crippen LogP contribution >= 0.6 is 11.3 Å². The van der Waals surface area contributed by atoms with Crippen LogP contribution in [0.25, 0.3) is 10.6 Å². The number of ketones is 1. The van der Waals surface area contributed by atoms with E-state index in [4.69, 9.17) is 0 Å². The van der Waals surface area contributed by atoms with E-state index < -0.39 is 0 Å². The maximum Gasteiger partial charge on any atom is 0.256 e. The number of hydrogen-bond acceptors (Lipinski definition) is 5. The van der Waals surface area contributed by atoms with E-state index in [1.807, 2.05) is 67.5 Å². The second-order valence-corrected chi connectivity index (χ2v) is 8.15. The van der Waals surface area contributed by atoms with E-state index in [2.05, 4.69) is 10.3 Å². The van der Waals surface area contributed by atoms with Gasteiger partial charge < -0.3 is 10.2 Å². The van der Waals surface area contributed by atoms with Gasteiger partial charge in [0, 0.05) is 36.5 Å². The molecule has 6 heteroatoms. The van der Waals surface area contributed by atoms with Gasteiger partial charge in [-0.25, -0.2) is 4.98 Å². The SMILES string of the molecule is CN(C)c1ccc(-c2nc(NC(=O)c3ccccc3)c(C(=O)c3ccccc3)s2)cc1. The lowest BCUT2D eigenvalue weighted by Gasteiger charge is -2.11. The van der Waals surface area contributed by atoms with Crippen molar-refractivity contribution in [2.24, 2.45) is 0 Å². The van der Waals surface area contributed by atoms with Gasteiger partial charge in [-0.2, -0.15) is 0 Å². The molecule has 1 N–H and O–H groups in total. The van der Waals surface area contributed by atoms with Crippen LogP contribution in [0.15, 0.2) is 84.9 Å². The monoisotopic (exact) mass is 427 g/mol. The molecule has 1 heterocycles. The van der Waals surface area contributed by atoms with E-state index in [1.165, 1.54) is 11.3 Å². The first-order chi connectivity index (χ1) is 15.0. The molecule has 0 saturated heterocycles. The van der Waals surface area contributed by atoms with Crippen LogP contribution in [0.5, 0.6) is 0 Å². The number of anilines is 2. The third kappa shape index (κ3) is 4.54. The minimum absolute atomic E-state index is 0.169. The summed E-state index contributed by atoms with van der Waals surface area (Å²) in [6.07, 6.45) is 0. The van der Waals surface area contributed by atoms with Gasteiger partial charge in [0.05, 0.1) is 0 Å². The molecule has 154 valence electrons. The zero-order valence-electron chi connectivity index (χ0n) is 17.2. The largest absolute Gasteiger partial charge is 0.378 e. The zero-order chi connectivity index (χ0) is 21.8. The summed E-state index contributed by atoms with van der Waals surface area (Å²) >= 11 is 1.28. The minimum Gasteiger partial charge on any atom is -0.378 e. The second kappa shape index (κ2) is 8.93. The second-order valence-electron chi connectivity index (χ2n) is 7.15. The Morgan fingerprint density at radius 3 is 1.97 bits per heavy atom. The highest BCUT2D eigenvalue weighted by molar-refractivity contribution is 7.17. The molecule has 1 amide bonds. The fraction of sp³-hybridized carbons (Fsp3) is 0.0800. The van der Waals surface area contributed by atoms with Crippen LogP contribution in [-0.4, -0.2) is 30.8 Å². The summed E-state index contributed by atoms with van der Waals surface area (Å²) < 4.78 is 0. The molecule has 4 aromatic rings. The Labute approximate surface area is 185 Å². The number of carbonyl (C=O) groups excluding carboxylic acids is 2. The third-order valence-electron chi connectivity index (χ3n) is 4.77. The fourth-order valence-corrected chi connectivity index (χ4v) is 4.06. The topological polar surface area (TPSA) is 62.3 Å². The smallest absolute Gasteiger partial charge is 0.256 e. The van der Waals surface area contributed by atoms with Gasteiger partial charge in [0.15, 0.2) is 5.82 Å². The Kier molecular flexibility index (Phi) is 5.91. The van der Waals surface area contributed by atoms with Crippen molar-refractivity contribution >= 4 is 34.5 Å². The van der Waals surface area contributed by atoms with Crippen LogP contribution in [0.1, 0.15) is 25.6 Å². The van der Waals surface area contributed by atoms with E-state index in [9.17, 15) is 9.59 Å². The molecular formula is C25H21N3O2S. The van der Waals surface area contributed by atoms with Crippen LogP contribution in [0, 0.1) is 0 Å². The molecule has 31 heavy (non-hydrogen) atoms. The van der Waals surface area contributed by atoms with Gasteiger partial charge >= 0.3 is 0 Å². The first-order valence-corrected chi connectivity index (χ1v) is 10.6. The maximum atomic E-state index is 13.2. The molecule has 0 unspecified atom stereocenters. The number of aromatic nitrogens is 1. The van der Waals surface area contributed by atoms with Crippen molar-refractivity contribution in [2.75, 3.05) is 24.3 Å². The Morgan fingerprint density at radius 1 is 0.806 bits per heavy atom. The predicted octanol–water partition coefficient (Wildman–Crippen LogP) is 5.36. The molecule has 0 fully saturated rings.